The molecule has 4 heteroatoms. The highest BCUT2D eigenvalue weighted by atomic mass is 16.1. The Hall–Kier alpha value is -2.49. The fourth-order valence-electron chi connectivity index (χ4n) is 3.18. The van der Waals surface area contributed by atoms with Crippen molar-refractivity contribution in [3.8, 4) is 0 Å². The molecule has 0 atom stereocenters. The summed E-state index contributed by atoms with van der Waals surface area (Å²) in [5, 5.41) is 8.66. The minimum atomic E-state index is 0.0609. The van der Waals surface area contributed by atoms with Gasteiger partial charge in [0.25, 0.3) is 0 Å². The first-order chi connectivity index (χ1) is 12.2. The monoisotopic (exact) mass is 335 g/mol. The SMILES string of the molecule is CCCCN1CCCc2cc(N=Nc3ccc(C(C)=O)cc3)ccc21. The first kappa shape index (κ1) is 17.3. The van der Waals surface area contributed by atoms with Crippen LogP contribution in [0.25, 0.3) is 0 Å². The Morgan fingerprint density at radius 3 is 2.52 bits per heavy atom. The van der Waals surface area contributed by atoms with Crippen molar-refractivity contribution in [2.24, 2.45) is 10.2 Å². The average molecular weight is 335 g/mol. The number of benzene rings is 2. The molecule has 0 N–H and O–H groups in total. The van der Waals surface area contributed by atoms with E-state index in [-0.39, 0.29) is 5.78 Å². The van der Waals surface area contributed by atoms with Gasteiger partial charge in [-0.25, -0.2) is 0 Å². The zero-order valence-electron chi connectivity index (χ0n) is 15.0. The minimum Gasteiger partial charge on any atom is -0.371 e. The van der Waals surface area contributed by atoms with Crippen molar-refractivity contribution >= 4 is 22.8 Å². The number of carbonyl (C=O) groups is 1. The number of hydrogen-bond donors (Lipinski definition) is 0. The van der Waals surface area contributed by atoms with E-state index < -0.39 is 0 Å². The van der Waals surface area contributed by atoms with Crippen LogP contribution in [0.5, 0.6) is 0 Å². The summed E-state index contributed by atoms with van der Waals surface area (Å²) < 4.78 is 0. The highest BCUT2D eigenvalue weighted by Gasteiger charge is 2.16. The third-order valence-corrected chi connectivity index (χ3v) is 4.61. The van der Waals surface area contributed by atoms with Gasteiger partial charge in [0.15, 0.2) is 5.78 Å². The molecule has 0 aromatic heterocycles. The molecule has 25 heavy (non-hydrogen) atoms. The lowest BCUT2D eigenvalue weighted by molar-refractivity contribution is 0.101. The van der Waals surface area contributed by atoms with E-state index in [1.807, 2.05) is 18.2 Å². The molecule has 0 saturated heterocycles. The van der Waals surface area contributed by atoms with Crippen molar-refractivity contribution in [1.29, 1.82) is 0 Å². The fraction of sp³-hybridized carbons (Fsp3) is 0.381. The highest BCUT2D eigenvalue weighted by molar-refractivity contribution is 5.94. The van der Waals surface area contributed by atoms with E-state index in [2.05, 4.69) is 34.2 Å². The summed E-state index contributed by atoms with van der Waals surface area (Å²) in [5.41, 5.74) is 5.05. The molecule has 0 bridgehead atoms. The average Bonchev–Trinajstić information content (AvgIpc) is 2.64. The fourth-order valence-corrected chi connectivity index (χ4v) is 3.18. The molecule has 130 valence electrons. The molecule has 0 radical (unpaired) electrons. The Morgan fingerprint density at radius 2 is 1.80 bits per heavy atom. The van der Waals surface area contributed by atoms with E-state index in [9.17, 15) is 4.79 Å². The molecule has 1 heterocycles. The van der Waals surface area contributed by atoms with Crippen LogP contribution in [-0.2, 0) is 6.42 Å². The maximum Gasteiger partial charge on any atom is 0.159 e. The van der Waals surface area contributed by atoms with Crippen LogP contribution >= 0.6 is 0 Å². The van der Waals surface area contributed by atoms with Crippen molar-refractivity contribution in [1.82, 2.24) is 0 Å². The maximum absolute atomic E-state index is 11.3. The van der Waals surface area contributed by atoms with Crippen molar-refractivity contribution in [2.75, 3.05) is 18.0 Å². The van der Waals surface area contributed by atoms with Gasteiger partial charge in [-0.15, -0.1) is 0 Å². The highest BCUT2D eigenvalue weighted by Crippen LogP contribution is 2.31. The van der Waals surface area contributed by atoms with E-state index in [1.165, 1.54) is 30.5 Å². The second-order valence-electron chi connectivity index (χ2n) is 6.56. The van der Waals surface area contributed by atoms with Crippen LogP contribution < -0.4 is 4.90 Å². The predicted molar refractivity (Wildman–Crippen MR) is 103 cm³/mol. The summed E-state index contributed by atoms with van der Waals surface area (Å²) >= 11 is 0. The van der Waals surface area contributed by atoms with Crippen LogP contribution in [0.2, 0.25) is 0 Å². The molecule has 4 nitrogen and oxygen atoms in total. The zero-order chi connectivity index (χ0) is 17.6. The van der Waals surface area contributed by atoms with Gasteiger partial charge in [0.2, 0.25) is 0 Å². The number of fused-ring (bicyclic) bond motifs is 1. The van der Waals surface area contributed by atoms with E-state index in [4.69, 9.17) is 0 Å². The molecule has 0 amide bonds. The molecule has 1 aliphatic heterocycles. The van der Waals surface area contributed by atoms with Crippen molar-refractivity contribution < 1.29 is 4.79 Å². The van der Waals surface area contributed by atoms with Crippen molar-refractivity contribution in [3.63, 3.8) is 0 Å². The summed E-state index contributed by atoms with van der Waals surface area (Å²) in [6.45, 7) is 6.08. The Bertz CT molecular complexity index is 765. The number of unbranched alkanes of at least 4 members (excludes halogenated alkanes) is 1. The Labute approximate surface area is 149 Å². The number of ketones is 1. The van der Waals surface area contributed by atoms with Gasteiger partial charge in [0.1, 0.15) is 0 Å². The largest absolute Gasteiger partial charge is 0.371 e. The first-order valence-corrected chi connectivity index (χ1v) is 9.08. The number of anilines is 1. The van der Waals surface area contributed by atoms with Gasteiger partial charge in [-0.2, -0.15) is 10.2 Å². The number of rotatable bonds is 6. The molecule has 1 aliphatic rings. The molecule has 0 spiro atoms. The van der Waals surface area contributed by atoms with Gasteiger partial charge in [0, 0.05) is 24.3 Å². The molecule has 0 unspecified atom stereocenters. The van der Waals surface area contributed by atoms with E-state index in [0.717, 1.165) is 30.9 Å². The third kappa shape index (κ3) is 4.32. The number of azo groups is 1. The van der Waals surface area contributed by atoms with Gasteiger partial charge < -0.3 is 4.90 Å². The van der Waals surface area contributed by atoms with E-state index in [1.54, 1.807) is 19.1 Å². The third-order valence-electron chi connectivity index (χ3n) is 4.61. The quantitative estimate of drug-likeness (QED) is 0.490. The van der Waals surface area contributed by atoms with Crippen LogP contribution in [0.3, 0.4) is 0 Å². The van der Waals surface area contributed by atoms with E-state index >= 15 is 0 Å². The normalized spacial score (nSPS) is 13.9. The van der Waals surface area contributed by atoms with Gasteiger partial charge in [0.05, 0.1) is 11.4 Å². The van der Waals surface area contributed by atoms with Crippen molar-refractivity contribution in [3.05, 3.63) is 53.6 Å². The Morgan fingerprint density at radius 1 is 1.08 bits per heavy atom. The number of Topliss-reactive ketones (excluding diaryl/α,β-unsaturated/α-hetero) is 1. The Balaban J connectivity index is 1.74. The molecule has 0 aliphatic carbocycles. The van der Waals surface area contributed by atoms with Gasteiger partial charge in [-0.1, -0.05) is 13.3 Å². The number of hydrogen-bond acceptors (Lipinski definition) is 4. The number of aryl methyl sites for hydroxylation is 1. The summed E-state index contributed by atoms with van der Waals surface area (Å²) in [7, 11) is 0. The van der Waals surface area contributed by atoms with Gasteiger partial charge >= 0.3 is 0 Å². The lowest BCUT2D eigenvalue weighted by Gasteiger charge is -2.31. The smallest absolute Gasteiger partial charge is 0.159 e. The lowest BCUT2D eigenvalue weighted by Crippen LogP contribution is -2.30. The molecule has 2 aromatic carbocycles. The van der Waals surface area contributed by atoms with Crippen LogP contribution in [0.4, 0.5) is 17.1 Å². The standard InChI is InChI=1S/C21H25N3O/c1-3-4-13-24-14-5-6-18-15-20(11-12-21(18)24)23-22-19-9-7-17(8-10-19)16(2)25/h7-12,15H,3-6,13-14H2,1-2H3. The maximum atomic E-state index is 11.3. The predicted octanol–water partition coefficient (Wildman–Crippen LogP) is 5.86. The molecule has 3 rings (SSSR count). The number of nitrogens with zero attached hydrogens (tertiary/aromatic N) is 3. The summed E-state index contributed by atoms with van der Waals surface area (Å²) in [6.07, 6.45) is 4.76. The second-order valence-corrected chi connectivity index (χ2v) is 6.56. The van der Waals surface area contributed by atoms with Crippen LogP contribution in [0.1, 0.15) is 49.0 Å². The topological polar surface area (TPSA) is 45.0 Å². The van der Waals surface area contributed by atoms with Crippen LogP contribution in [0, 0.1) is 0 Å². The lowest BCUT2D eigenvalue weighted by atomic mass is 10.0. The van der Waals surface area contributed by atoms with Crippen molar-refractivity contribution in [2.45, 2.75) is 39.5 Å². The van der Waals surface area contributed by atoms with E-state index in [0.29, 0.717) is 5.56 Å². The first-order valence-electron chi connectivity index (χ1n) is 9.08. The summed E-state index contributed by atoms with van der Waals surface area (Å²) in [6, 6.07) is 13.6. The number of carbonyl (C=O) groups excluding carboxylic acids is 1. The molecular weight excluding hydrogens is 310 g/mol. The molecule has 2 aromatic rings. The van der Waals surface area contributed by atoms with Gasteiger partial charge in [-0.05, 0) is 74.2 Å². The zero-order valence-corrected chi connectivity index (χ0v) is 15.0. The molecule has 0 saturated carbocycles. The second kappa shape index (κ2) is 8.06. The summed E-state index contributed by atoms with van der Waals surface area (Å²) in [5.74, 6) is 0.0609. The molecular formula is C21H25N3O. The Kier molecular flexibility index (Phi) is 5.59. The summed E-state index contributed by atoms with van der Waals surface area (Å²) in [4.78, 5) is 13.8. The molecule has 0 fully saturated rings. The van der Waals surface area contributed by atoms with Crippen LogP contribution in [0.15, 0.2) is 52.7 Å². The van der Waals surface area contributed by atoms with Crippen LogP contribution in [-0.4, -0.2) is 18.9 Å². The minimum absolute atomic E-state index is 0.0609. The van der Waals surface area contributed by atoms with Gasteiger partial charge in [-0.3, -0.25) is 4.79 Å².